The third kappa shape index (κ3) is 3.45. The molecule has 1 fully saturated rings. The molecule has 6 heteroatoms. The Bertz CT molecular complexity index is 334. The number of nitrogens with one attached hydrogen (secondary N) is 1. The average molecular weight is 247 g/mol. The zero-order valence-electron chi connectivity index (χ0n) is 9.78. The van der Waals surface area contributed by atoms with Crippen LogP contribution < -0.4 is 5.73 Å². The minimum atomic E-state index is -3.18. The molecule has 0 aliphatic heterocycles. The number of nitrogens with two attached hydrogens (primary N) is 1. The lowest BCUT2D eigenvalue weighted by Gasteiger charge is -2.26. The van der Waals surface area contributed by atoms with E-state index in [0.717, 1.165) is 32.1 Å². The van der Waals surface area contributed by atoms with E-state index in [1.165, 1.54) is 4.31 Å². The first-order valence-electron chi connectivity index (χ1n) is 5.72. The van der Waals surface area contributed by atoms with Crippen molar-refractivity contribution in [3.63, 3.8) is 0 Å². The molecule has 0 unspecified atom stereocenters. The van der Waals surface area contributed by atoms with Gasteiger partial charge in [-0.05, 0) is 12.8 Å². The third-order valence-electron chi connectivity index (χ3n) is 3.10. The van der Waals surface area contributed by atoms with E-state index >= 15 is 0 Å². The number of sulfonamides is 1. The van der Waals surface area contributed by atoms with E-state index in [-0.39, 0.29) is 11.1 Å². The predicted molar refractivity (Wildman–Crippen MR) is 65.0 cm³/mol. The molecule has 0 atom stereocenters. The fourth-order valence-corrected chi connectivity index (χ4v) is 3.81. The molecule has 16 heavy (non-hydrogen) atoms. The highest BCUT2D eigenvalue weighted by molar-refractivity contribution is 7.89. The van der Waals surface area contributed by atoms with Gasteiger partial charge in [0.25, 0.3) is 0 Å². The molecular weight excluding hydrogens is 226 g/mol. The normalized spacial score (nSPS) is 18.9. The summed E-state index contributed by atoms with van der Waals surface area (Å²) in [5.74, 6) is 0.0331. The minimum Gasteiger partial charge on any atom is -0.388 e. The molecule has 1 aliphatic rings. The Morgan fingerprint density at radius 1 is 1.38 bits per heavy atom. The van der Waals surface area contributed by atoms with E-state index in [1.54, 1.807) is 7.05 Å². The van der Waals surface area contributed by atoms with Gasteiger partial charge in [0.15, 0.2) is 0 Å². The van der Waals surface area contributed by atoms with Crippen LogP contribution in [0.15, 0.2) is 0 Å². The van der Waals surface area contributed by atoms with Gasteiger partial charge in [0, 0.05) is 20.0 Å². The zero-order chi connectivity index (χ0) is 12.2. The molecule has 0 aromatic rings. The van der Waals surface area contributed by atoms with Gasteiger partial charge in [-0.2, -0.15) is 0 Å². The number of nitrogens with zero attached hydrogens (tertiary/aromatic N) is 1. The standard InChI is InChI=1S/C10H21N3O2S/c1-13(8-7-10(11)12)16(14,15)9-5-3-2-4-6-9/h9H,2-8H2,1H3,(H3,11,12). The monoisotopic (exact) mass is 247 g/mol. The number of rotatable bonds is 5. The van der Waals surface area contributed by atoms with Gasteiger partial charge in [0.2, 0.25) is 10.0 Å². The van der Waals surface area contributed by atoms with Crippen LogP contribution in [0.5, 0.6) is 0 Å². The summed E-state index contributed by atoms with van der Waals surface area (Å²) in [6.07, 6.45) is 5.00. The number of hydrogen-bond donors (Lipinski definition) is 2. The number of amidine groups is 1. The van der Waals surface area contributed by atoms with Crippen LogP contribution >= 0.6 is 0 Å². The summed E-state index contributed by atoms with van der Waals surface area (Å²) in [7, 11) is -1.60. The van der Waals surface area contributed by atoms with Crippen molar-refractivity contribution >= 4 is 15.9 Å². The maximum Gasteiger partial charge on any atom is 0.216 e. The molecule has 0 aromatic carbocycles. The first-order valence-corrected chi connectivity index (χ1v) is 7.23. The third-order valence-corrected chi connectivity index (χ3v) is 5.47. The molecule has 1 saturated carbocycles. The largest absolute Gasteiger partial charge is 0.388 e. The van der Waals surface area contributed by atoms with Crippen LogP contribution in [-0.4, -0.2) is 37.4 Å². The summed E-state index contributed by atoms with van der Waals surface area (Å²) in [5, 5.41) is 6.87. The quantitative estimate of drug-likeness (QED) is 0.559. The lowest BCUT2D eigenvalue weighted by molar-refractivity contribution is 0.430. The lowest BCUT2D eigenvalue weighted by atomic mass is 10.0. The van der Waals surface area contributed by atoms with E-state index in [2.05, 4.69) is 0 Å². The summed E-state index contributed by atoms with van der Waals surface area (Å²) in [5.41, 5.74) is 5.22. The Morgan fingerprint density at radius 3 is 2.44 bits per heavy atom. The second kappa shape index (κ2) is 5.63. The Labute approximate surface area is 97.6 Å². The van der Waals surface area contributed by atoms with Gasteiger partial charge in [-0.25, -0.2) is 12.7 Å². The van der Waals surface area contributed by atoms with Crippen LogP contribution in [0, 0.1) is 5.41 Å². The second-order valence-electron chi connectivity index (χ2n) is 4.40. The lowest BCUT2D eigenvalue weighted by Crippen LogP contribution is -2.38. The maximum atomic E-state index is 12.1. The van der Waals surface area contributed by atoms with Gasteiger partial charge in [-0.1, -0.05) is 19.3 Å². The summed E-state index contributed by atoms with van der Waals surface area (Å²) in [6.45, 7) is 0.314. The zero-order valence-corrected chi connectivity index (χ0v) is 10.6. The summed E-state index contributed by atoms with van der Waals surface area (Å²) in [4.78, 5) is 0. The van der Waals surface area contributed by atoms with Crippen molar-refractivity contribution in [2.45, 2.75) is 43.8 Å². The van der Waals surface area contributed by atoms with Crippen molar-refractivity contribution in [3.8, 4) is 0 Å². The Balaban J connectivity index is 2.57. The van der Waals surface area contributed by atoms with Crippen molar-refractivity contribution in [1.82, 2.24) is 4.31 Å². The van der Waals surface area contributed by atoms with E-state index in [9.17, 15) is 8.42 Å². The minimum absolute atomic E-state index is 0.0331. The molecule has 0 amide bonds. The highest BCUT2D eigenvalue weighted by Crippen LogP contribution is 2.25. The molecule has 1 rings (SSSR count). The first-order chi connectivity index (χ1) is 7.44. The highest BCUT2D eigenvalue weighted by Gasteiger charge is 2.30. The molecule has 0 saturated heterocycles. The summed E-state index contributed by atoms with van der Waals surface area (Å²) in [6, 6.07) is 0. The average Bonchev–Trinajstić information content (AvgIpc) is 2.27. The summed E-state index contributed by atoms with van der Waals surface area (Å²) < 4.78 is 25.6. The fourth-order valence-electron chi connectivity index (χ4n) is 2.02. The van der Waals surface area contributed by atoms with Gasteiger partial charge < -0.3 is 5.73 Å². The molecule has 1 aliphatic carbocycles. The molecular formula is C10H21N3O2S. The van der Waals surface area contributed by atoms with E-state index in [4.69, 9.17) is 11.1 Å². The van der Waals surface area contributed by atoms with Gasteiger partial charge in [-0.3, -0.25) is 5.41 Å². The van der Waals surface area contributed by atoms with Crippen LogP contribution in [0.1, 0.15) is 38.5 Å². The number of hydrogen-bond acceptors (Lipinski definition) is 3. The smallest absolute Gasteiger partial charge is 0.216 e. The van der Waals surface area contributed by atoms with Crippen LogP contribution in [0.25, 0.3) is 0 Å². The van der Waals surface area contributed by atoms with E-state index < -0.39 is 10.0 Å². The Hall–Kier alpha value is -0.620. The van der Waals surface area contributed by atoms with Crippen molar-refractivity contribution in [3.05, 3.63) is 0 Å². The predicted octanol–water partition coefficient (Wildman–Crippen LogP) is 0.907. The Kier molecular flexibility index (Phi) is 4.73. The molecule has 0 radical (unpaired) electrons. The Morgan fingerprint density at radius 2 is 1.94 bits per heavy atom. The topological polar surface area (TPSA) is 87.2 Å². The second-order valence-corrected chi connectivity index (χ2v) is 6.72. The van der Waals surface area contributed by atoms with Gasteiger partial charge in [0.05, 0.1) is 11.1 Å². The van der Waals surface area contributed by atoms with Crippen LogP contribution in [0.2, 0.25) is 0 Å². The molecule has 3 N–H and O–H groups in total. The molecule has 0 bridgehead atoms. The SMILES string of the molecule is CN(CCC(=N)N)S(=O)(=O)C1CCCCC1. The molecule has 0 heterocycles. The van der Waals surface area contributed by atoms with Crippen LogP contribution in [0.3, 0.4) is 0 Å². The highest BCUT2D eigenvalue weighted by atomic mass is 32.2. The van der Waals surface area contributed by atoms with Crippen molar-refractivity contribution in [1.29, 1.82) is 5.41 Å². The maximum absolute atomic E-state index is 12.1. The van der Waals surface area contributed by atoms with Gasteiger partial charge in [0.1, 0.15) is 0 Å². The van der Waals surface area contributed by atoms with E-state index in [0.29, 0.717) is 13.0 Å². The van der Waals surface area contributed by atoms with Crippen LogP contribution in [0.4, 0.5) is 0 Å². The van der Waals surface area contributed by atoms with Gasteiger partial charge in [-0.15, -0.1) is 0 Å². The molecule has 5 nitrogen and oxygen atoms in total. The summed E-state index contributed by atoms with van der Waals surface area (Å²) >= 11 is 0. The first kappa shape index (κ1) is 13.4. The van der Waals surface area contributed by atoms with Crippen molar-refractivity contribution in [2.75, 3.05) is 13.6 Å². The van der Waals surface area contributed by atoms with Crippen molar-refractivity contribution in [2.24, 2.45) is 5.73 Å². The fraction of sp³-hybridized carbons (Fsp3) is 0.900. The van der Waals surface area contributed by atoms with Crippen LogP contribution in [-0.2, 0) is 10.0 Å². The molecule has 0 aromatic heterocycles. The van der Waals surface area contributed by atoms with Crippen molar-refractivity contribution < 1.29 is 8.42 Å². The molecule has 94 valence electrons. The van der Waals surface area contributed by atoms with Gasteiger partial charge >= 0.3 is 0 Å². The van der Waals surface area contributed by atoms with E-state index in [1.807, 2.05) is 0 Å². The molecule has 0 spiro atoms.